The van der Waals surface area contributed by atoms with Crippen LogP contribution < -0.4 is 5.32 Å². The van der Waals surface area contributed by atoms with Gasteiger partial charge in [-0.1, -0.05) is 6.07 Å². The number of nitrogens with zero attached hydrogens (tertiary/aromatic N) is 2. The van der Waals surface area contributed by atoms with Crippen molar-refractivity contribution in [3.8, 4) is 11.3 Å². The minimum absolute atomic E-state index is 0.0241. The molecule has 1 aliphatic heterocycles. The number of aryl methyl sites for hydroxylation is 3. The van der Waals surface area contributed by atoms with Crippen LogP contribution in [-0.4, -0.2) is 47.6 Å². The fourth-order valence-corrected chi connectivity index (χ4v) is 4.19. The van der Waals surface area contributed by atoms with E-state index in [2.05, 4.69) is 48.1 Å². The molecule has 0 aliphatic carbocycles. The van der Waals surface area contributed by atoms with Gasteiger partial charge in [-0.25, -0.2) is 4.98 Å². The molecule has 0 bridgehead atoms. The summed E-state index contributed by atoms with van der Waals surface area (Å²) >= 11 is 1.47. The summed E-state index contributed by atoms with van der Waals surface area (Å²) < 4.78 is 5.71. The molecule has 0 unspecified atom stereocenters. The highest BCUT2D eigenvalue weighted by atomic mass is 32.1. The number of ether oxygens (including phenoxy) is 1. The third-order valence-corrected chi connectivity index (χ3v) is 5.49. The average molecular weight is 374 g/mol. The summed E-state index contributed by atoms with van der Waals surface area (Å²) in [5.41, 5.74) is 5.77. The molecule has 0 spiro atoms. The normalized spacial score (nSPS) is 21.0. The zero-order valence-electron chi connectivity index (χ0n) is 16.1. The molecule has 0 saturated carbocycles. The highest BCUT2D eigenvalue weighted by molar-refractivity contribution is 7.14. The van der Waals surface area contributed by atoms with E-state index in [4.69, 9.17) is 4.74 Å². The van der Waals surface area contributed by atoms with Gasteiger partial charge in [-0.05, 0) is 57.4 Å². The van der Waals surface area contributed by atoms with Gasteiger partial charge in [0.15, 0.2) is 5.13 Å². The van der Waals surface area contributed by atoms with E-state index in [0.29, 0.717) is 11.7 Å². The van der Waals surface area contributed by atoms with E-state index in [1.165, 1.54) is 28.0 Å². The standard InChI is InChI=1S/C20H27N3O2S/c1-12-6-14(3)17(7-13(12)2)18-11-26-20(21-18)22-19(24)10-23-8-15(4)25-16(5)9-23/h6-7,11,15-16H,8-10H2,1-5H3,(H,21,22,24)/t15-,16+. The molecular weight excluding hydrogens is 346 g/mol. The molecule has 3 rings (SSSR count). The van der Waals surface area contributed by atoms with Crippen LogP contribution >= 0.6 is 11.3 Å². The van der Waals surface area contributed by atoms with Crippen molar-refractivity contribution in [3.63, 3.8) is 0 Å². The average Bonchev–Trinajstić information content (AvgIpc) is 2.97. The van der Waals surface area contributed by atoms with E-state index in [-0.39, 0.29) is 18.1 Å². The second kappa shape index (κ2) is 7.86. The summed E-state index contributed by atoms with van der Waals surface area (Å²) in [6.07, 6.45) is 0.316. The largest absolute Gasteiger partial charge is 0.373 e. The molecule has 1 fully saturated rings. The number of hydrogen-bond acceptors (Lipinski definition) is 5. The Morgan fingerprint density at radius 2 is 1.85 bits per heavy atom. The number of benzene rings is 1. The lowest BCUT2D eigenvalue weighted by Gasteiger charge is -2.34. The third-order valence-electron chi connectivity index (χ3n) is 4.73. The van der Waals surface area contributed by atoms with Crippen molar-refractivity contribution in [1.29, 1.82) is 0 Å². The maximum absolute atomic E-state index is 12.4. The Labute approximate surface area is 159 Å². The van der Waals surface area contributed by atoms with Crippen LogP contribution in [0.5, 0.6) is 0 Å². The van der Waals surface area contributed by atoms with Gasteiger partial charge in [-0.15, -0.1) is 11.3 Å². The Hall–Kier alpha value is -1.76. The molecule has 2 heterocycles. The van der Waals surface area contributed by atoms with Gasteiger partial charge >= 0.3 is 0 Å². The van der Waals surface area contributed by atoms with Gasteiger partial charge in [-0.2, -0.15) is 0 Å². The van der Waals surface area contributed by atoms with Crippen LogP contribution in [0.25, 0.3) is 11.3 Å². The Bertz CT molecular complexity index is 792. The Morgan fingerprint density at radius 1 is 1.19 bits per heavy atom. The maximum atomic E-state index is 12.4. The van der Waals surface area contributed by atoms with E-state index in [9.17, 15) is 4.79 Å². The first-order valence-electron chi connectivity index (χ1n) is 9.03. The molecule has 1 aromatic heterocycles. The summed E-state index contributed by atoms with van der Waals surface area (Å²) in [5, 5.41) is 5.60. The topological polar surface area (TPSA) is 54.5 Å². The number of thiazole rings is 1. The molecule has 2 atom stereocenters. The van der Waals surface area contributed by atoms with Crippen LogP contribution in [-0.2, 0) is 9.53 Å². The molecule has 1 saturated heterocycles. The lowest BCUT2D eigenvalue weighted by molar-refractivity contribution is -0.121. The van der Waals surface area contributed by atoms with E-state index < -0.39 is 0 Å². The molecule has 2 aromatic rings. The van der Waals surface area contributed by atoms with Gasteiger partial charge in [0, 0.05) is 24.0 Å². The highest BCUT2D eigenvalue weighted by Gasteiger charge is 2.24. The summed E-state index contributed by atoms with van der Waals surface area (Å²) in [7, 11) is 0. The number of amides is 1. The van der Waals surface area contributed by atoms with Crippen LogP contribution in [0.4, 0.5) is 5.13 Å². The lowest BCUT2D eigenvalue weighted by Crippen LogP contribution is -2.48. The van der Waals surface area contributed by atoms with Crippen LogP contribution in [0.1, 0.15) is 30.5 Å². The molecule has 26 heavy (non-hydrogen) atoms. The van der Waals surface area contributed by atoms with Crippen molar-refractivity contribution < 1.29 is 9.53 Å². The second-order valence-electron chi connectivity index (χ2n) is 7.29. The van der Waals surface area contributed by atoms with E-state index in [1.54, 1.807) is 0 Å². The van der Waals surface area contributed by atoms with Crippen molar-refractivity contribution in [3.05, 3.63) is 34.2 Å². The number of aromatic nitrogens is 1. The minimum Gasteiger partial charge on any atom is -0.373 e. The SMILES string of the molecule is Cc1cc(C)c(-c2csc(NC(=O)CN3C[C@@H](C)O[C@@H](C)C3)n2)cc1C. The van der Waals surface area contributed by atoms with Gasteiger partial charge in [0.2, 0.25) is 5.91 Å². The van der Waals surface area contributed by atoms with Crippen LogP contribution in [0.3, 0.4) is 0 Å². The van der Waals surface area contributed by atoms with Crippen molar-refractivity contribution in [2.45, 2.75) is 46.8 Å². The molecular formula is C20H27N3O2S. The predicted molar refractivity (Wildman–Crippen MR) is 107 cm³/mol. The van der Waals surface area contributed by atoms with E-state index >= 15 is 0 Å². The van der Waals surface area contributed by atoms with Crippen molar-refractivity contribution in [1.82, 2.24) is 9.88 Å². The first-order valence-corrected chi connectivity index (χ1v) is 9.91. The first-order chi connectivity index (χ1) is 12.3. The van der Waals surface area contributed by atoms with Gasteiger partial charge in [-0.3, -0.25) is 9.69 Å². The number of rotatable bonds is 4. The maximum Gasteiger partial charge on any atom is 0.240 e. The van der Waals surface area contributed by atoms with Gasteiger partial charge < -0.3 is 10.1 Å². The molecule has 1 aromatic carbocycles. The zero-order valence-corrected chi connectivity index (χ0v) is 16.9. The number of morpholine rings is 1. The van der Waals surface area contributed by atoms with Gasteiger partial charge in [0.25, 0.3) is 0 Å². The predicted octanol–water partition coefficient (Wildman–Crippen LogP) is 3.78. The van der Waals surface area contributed by atoms with Crippen LogP contribution in [0.2, 0.25) is 0 Å². The lowest BCUT2D eigenvalue weighted by atomic mass is 9.99. The van der Waals surface area contributed by atoms with Crippen LogP contribution in [0.15, 0.2) is 17.5 Å². The summed E-state index contributed by atoms with van der Waals surface area (Å²) in [4.78, 5) is 19.1. The van der Waals surface area contributed by atoms with Crippen molar-refractivity contribution >= 4 is 22.4 Å². The summed E-state index contributed by atoms with van der Waals surface area (Å²) in [5.74, 6) is -0.0241. The van der Waals surface area contributed by atoms with Gasteiger partial charge in [0.1, 0.15) is 0 Å². The number of nitrogens with one attached hydrogen (secondary N) is 1. The summed E-state index contributed by atoms with van der Waals surface area (Å²) in [6.45, 7) is 12.3. The Morgan fingerprint density at radius 3 is 2.54 bits per heavy atom. The molecule has 1 amide bonds. The number of hydrogen-bond donors (Lipinski definition) is 1. The van der Waals surface area contributed by atoms with Crippen molar-refractivity contribution in [2.24, 2.45) is 0 Å². The molecule has 5 nitrogen and oxygen atoms in total. The quantitative estimate of drug-likeness (QED) is 0.886. The fraction of sp³-hybridized carbons (Fsp3) is 0.500. The molecule has 1 N–H and O–H groups in total. The Kier molecular flexibility index (Phi) is 5.75. The molecule has 6 heteroatoms. The molecule has 140 valence electrons. The van der Waals surface area contributed by atoms with Crippen molar-refractivity contribution in [2.75, 3.05) is 25.0 Å². The molecule has 1 aliphatic rings. The Balaban J connectivity index is 1.65. The molecule has 0 radical (unpaired) electrons. The number of carbonyl (C=O) groups is 1. The zero-order chi connectivity index (χ0) is 18.8. The van der Waals surface area contributed by atoms with E-state index in [0.717, 1.165) is 24.3 Å². The second-order valence-corrected chi connectivity index (χ2v) is 8.15. The fourth-order valence-electron chi connectivity index (χ4n) is 3.47. The van der Waals surface area contributed by atoms with Gasteiger partial charge in [0.05, 0.1) is 24.4 Å². The highest BCUT2D eigenvalue weighted by Crippen LogP contribution is 2.29. The number of anilines is 1. The first kappa shape index (κ1) is 19.0. The number of carbonyl (C=O) groups excluding carboxylic acids is 1. The third kappa shape index (κ3) is 4.50. The van der Waals surface area contributed by atoms with Crippen LogP contribution in [0, 0.1) is 20.8 Å². The summed E-state index contributed by atoms with van der Waals surface area (Å²) in [6, 6.07) is 4.35. The smallest absolute Gasteiger partial charge is 0.240 e. The van der Waals surface area contributed by atoms with E-state index in [1.807, 2.05) is 19.2 Å². The minimum atomic E-state index is -0.0241. The monoisotopic (exact) mass is 373 g/mol.